The maximum Gasteiger partial charge on any atom is 0.231 e. The van der Waals surface area contributed by atoms with Gasteiger partial charge in [0.05, 0.1) is 12.5 Å². The lowest BCUT2D eigenvalue weighted by molar-refractivity contribution is -0.117. The molecule has 5 heteroatoms. The molecule has 0 spiro atoms. The molecule has 18 heavy (non-hydrogen) atoms. The second kappa shape index (κ2) is 4.96. The number of amides is 1. The van der Waals surface area contributed by atoms with Crippen molar-refractivity contribution in [1.29, 1.82) is 0 Å². The molecular weight excluding hydrogens is 230 g/mol. The van der Waals surface area contributed by atoms with Crippen molar-refractivity contribution >= 4 is 17.3 Å². The van der Waals surface area contributed by atoms with Gasteiger partial charge in [-0.2, -0.15) is 0 Å². The van der Waals surface area contributed by atoms with E-state index in [1.165, 1.54) is 0 Å². The van der Waals surface area contributed by atoms with E-state index >= 15 is 0 Å². The summed E-state index contributed by atoms with van der Waals surface area (Å²) in [6.45, 7) is 0.732. The van der Waals surface area contributed by atoms with Crippen LogP contribution in [0, 0.1) is 0 Å². The van der Waals surface area contributed by atoms with Gasteiger partial charge in [-0.05, 0) is 23.8 Å². The molecule has 1 heterocycles. The predicted molar refractivity (Wildman–Crippen MR) is 71.9 cm³/mol. The van der Waals surface area contributed by atoms with Gasteiger partial charge in [0.15, 0.2) is 0 Å². The van der Waals surface area contributed by atoms with Crippen LogP contribution in [0.3, 0.4) is 0 Å². The number of fused-ring (bicyclic) bond motifs is 1. The number of aliphatic hydroxyl groups is 1. The van der Waals surface area contributed by atoms with Crippen molar-refractivity contribution in [2.24, 2.45) is 5.73 Å². The second-order valence-corrected chi connectivity index (χ2v) is 4.71. The SMILES string of the molecule is CN(CC(O)CN)c1ccc2c(c1)CC(=O)N2C. The zero-order chi connectivity index (χ0) is 13.3. The van der Waals surface area contributed by atoms with Crippen LogP contribution < -0.4 is 15.5 Å². The number of nitrogens with zero attached hydrogens (tertiary/aromatic N) is 2. The highest BCUT2D eigenvalue weighted by Gasteiger charge is 2.24. The molecule has 0 saturated carbocycles. The largest absolute Gasteiger partial charge is 0.390 e. The van der Waals surface area contributed by atoms with Gasteiger partial charge >= 0.3 is 0 Å². The highest BCUT2D eigenvalue weighted by Crippen LogP contribution is 2.30. The number of hydrogen-bond donors (Lipinski definition) is 2. The molecule has 5 nitrogen and oxygen atoms in total. The number of nitrogens with two attached hydrogens (primary N) is 1. The van der Waals surface area contributed by atoms with Crippen molar-refractivity contribution in [3.63, 3.8) is 0 Å². The molecule has 0 bridgehead atoms. The molecule has 0 aliphatic carbocycles. The number of carbonyl (C=O) groups excluding carboxylic acids is 1. The molecule has 0 saturated heterocycles. The summed E-state index contributed by atoms with van der Waals surface area (Å²) in [6, 6.07) is 5.90. The first-order chi connectivity index (χ1) is 8.52. The Kier molecular flexibility index (Phi) is 3.54. The minimum Gasteiger partial charge on any atom is -0.390 e. The zero-order valence-electron chi connectivity index (χ0n) is 10.8. The Hall–Kier alpha value is -1.59. The topological polar surface area (TPSA) is 69.8 Å². The van der Waals surface area contributed by atoms with Crippen LogP contribution in [0.15, 0.2) is 18.2 Å². The maximum absolute atomic E-state index is 11.6. The third kappa shape index (κ3) is 2.32. The Balaban J connectivity index is 2.18. The third-order valence-electron chi connectivity index (χ3n) is 3.34. The molecule has 1 aliphatic heterocycles. The fourth-order valence-electron chi connectivity index (χ4n) is 2.19. The van der Waals surface area contributed by atoms with Gasteiger partial charge in [-0.1, -0.05) is 0 Å². The number of rotatable bonds is 4. The number of benzene rings is 1. The molecule has 0 radical (unpaired) electrons. The summed E-state index contributed by atoms with van der Waals surface area (Å²) in [7, 11) is 3.69. The number of aliphatic hydroxyl groups excluding tert-OH is 1. The molecule has 0 fully saturated rings. The van der Waals surface area contributed by atoms with Crippen LogP contribution in [0.2, 0.25) is 0 Å². The van der Waals surface area contributed by atoms with Crippen LogP contribution in [0.25, 0.3) is 0 Å². The Labute approximate surface area is 107 Å². The van der Waals surface area contributed by atoms with Crippen molar-refractivity contribution < 1.29 is 9.90 Å². The van der Waals surface area contributed by atoms with E-state index in [2.05, 4.69) is 0 Å². The fourth-order valence-corrected chi connectivity index (χ4v) is 2.19. The van der Waals surface area contributed by atoms with E-state index in [1.807, 2.05) is 30.1 Å². The van der Waals surface area contributed by atoms with Crippen molar-refractivity contribution in [2.45, 2.75) is 12.5 Å². The van der Waals surface area contributed by atoms with Gasteiger partial charge in [-0.25, -0.2) is 0 Å². The summed E-state index contributed by atoms with van der Waals surface area (Å²) in [4.78, 5) is 15.2. The molecule has 1 amide bonds. The van der Waals surface area contributed by atoms with Crippen LogP contribution in [0.4, 0.5) is 11.4 Å². The summed E-state index contributed by atoms with van der Waals surface area (Å²) in [5.74, 6) is 0.117. The molecule has 1 aliphatic rings. The van der Waals surface area contributed by atoms with Gasteiger partial charge < -0.3 is 20.6 Å². The molecular formula is C13H19N3O2. The average Bonchev–Trinajstić information content (AvgIpc) is 2.64. The molecule has 1 aromatic carbocycles. The normalized spacial score (nSPS) is 15.8. The number of carbonyl (C=O) groups is 1. The summed E-state index contributed by atoms with van der Waals surface area (Å²) in [5.41, 5.74) is 8.39. The molecule has 98 valence electrons. The zero-order valence-corrected chi connectivity index (χ0v) is 10.8. The number of likely N-dealkylation sites (N-methyl/N-ethyl adjacent to an activating group) is 2. The molecule has 0 aromatic heterocycles. The number of anilines is 2. The summed E-state index contributed by atoms with van der Waals surface area (Å²) in [6.07, 6.45) is -0.0833. The van der Waals surface area contributed by atoms with Crippen molar-refractivity contribution in [3.8, 4) is 0 Å². The fraction of sp³-hybridized carbons (Fsp3) is 0.462. The third-order valence-corrected chi connectivity index (χ3v) is 3.34. The van der Waals surface area contributed by atoms with Crippen molar-refractivity contribution in [1.82, 2.24) is 0 Å². The molecule has 1 unspecified atom stereocenters. The van der Waals surface area contributed by atoms with Crippen LogP contribution in [0.5, 0.6) is 0 Å². The standard InChI is InChI=1S/C13H19N3O2/c1-15(8-11(17)7-14)10-3-4-12-9(5-10)6-13(18)16(12)2/h3-5,11,17H,6-8,14H2,1-2H3. The monoisotopic (exact) mass is 249 g/mol. The van der Waals surface area contributed by atoms with Gasteiger partial charge in [0, 0.05) is 38.6 Å². The maximum atomic E-state index is 11.6. The lowest BCUT2D eigenvalue weighted by Gasteiger charge is -2.22. The summed E-state index contributed by atoms with van der Waals surface area (Å²) < 4.78 is 0. The first-order valence-electron chi connectivity index (χ1n) is 6.01. The quantitative estimate of drug-likeness (QED) is 0.785. The van der Waals surface area contributed by atoms with E-state index < -0.39 is 6.10 Å². The van der Waals surface area contributed by atoms with Gasteiger partial charge in [0.25, 0.3) is 0 Å². The van der Waals surface area contributed by atoms with Gasteiger partial charge in [-0.3, -0.25) is 4.79 Å². The van der Waals surface area contributed by atoms with E-state index in [9.17, 15) is 9.90 Å². The van der Waals surface area contributed by atoms with E-state index in [-0.39, 0.29) is 12.5 Å². The van der Waals surface area contributed by atoms with E-state index in [0.717, 1.165) is 16.9 Å². The first kappa shape index (κ1) is 12.9. The molecule has 3 N–H and O–H groups in total. The highest BCUT2D eigenvalue weighted by molar-refractivity contribution is 6.01. The predicted octanol–water partition coefficient (Wildman–Crippen LogP) is -0.0387. The smallest absolute Gasteiger partial charge is 0.231 e. The highest BCUT2D eigenvalue weighted by atomic mass is 16.3. The summed E-state index contributed by atoms with van der Waals surface area (Å²) in [5, 5.41) is 9.54. The Morgan fingerprint density at radius 3 is 2.94 bits per heavy atom. The van der Waals surface area contributed by atoms with Crippen LogP contribution in [-0.4, -0.2) is 44.3 Å². The average molecular weight is 249 g/mol. The van der Waals surface area contributed by atoms with Gasteiger partial charge in [0.2, 0.25) is 5.91 Å². The van der Waals surface area contributed by atoms with Crippen LogP contribution in [-0.2, 0) is 11.2 Å². The van der Waals surface area contributed by atoms with Crippen LogP contribution >= 0.6 is 0 Å². The Morgan fingerprint density at radius 2 is 2.28 bits per heavy atom. The molecule has 2 rings (SSSR count). The first-order valence-corrected chi connectivity index (χ1v) is 6.01. The summed E-state index contributed by atoms with van der Waals surface area (Å²) >= 11 is 0. The van der Waals surface area contributed by atoms with E-state index in [4.69, 9.17) is 5.73 Å². The lowest BCUT2D eigenvalue weighted by atomic mass is 10.1. The van der Waals surface area contributed by atoms with E-state index in [0.29, 0.717) is 13.0 Å². The lowest BCUT2D eigenvalue weighted by Crippen LogP contribution is -2.34. The van der Waals surface area contributed by atoms with Gasteiger partial charge in [0.1, 0.15) is 0 Å². The van der Waals surface area contributed by atoms with Gasteiger partial charge in [-0.15, -0.1) is 0 Å². The molecule has 1 aromatic rings. The minimum atomic E-state index is -0.535. The Bertz CT molecular complexity index is 462. The van der Waals surface area contributed by atoms with Crippen molar-refractivity contribution in [2.75, 3.05) is 37.0 Å². The number of hydrogen-bond acceptors (Lipinski definition) is 4. The molecule has 1 atom stereocenters. The van der Waals surface area contributed by atoms with E-state index in [1.54, 1.807) is 11.9 Å². The second-order valence-electron chi connectivity index (χ2n) is 4.71. The Morgan fingerprint density at radius 1 is 1.56 bits per heavy atom. The van der Waals surface area contributed by atoms with Crippen molar-refractivity contribution in [3.05, 3.63) is 23.8 Å². The van der Waals surface area contributed by atoms with Crippen LogP contribution in [0.1, 0.15) is 5.56 Å². The minimum absolute atomic E-state index is 0.117.